The molecular weight excluding hydrogens is 1830 g/mol. The van der Waals surface area contributed by atoms with Crippen LogP contribution >= 0.6 is 57.1 Å². The highest BCUT2D eigenvalue weighted by Crippen LogP contribution is 2.46. The number of aliphatic imine (C=N–C) groups is 1. The second-order valence-electron chi connectivity index (χ2n) is 35.9. The van der Waals surface area contributed by atoms with Crippen molar-refractivity contribution in [1.29, 1.82) is 0 Å². The summed E-state index contributed by atoms with van der Waals surface area (Å²) in [6.07, 6.45) is 16.1. The van der Waals surface area contributed by atoms with Crippen LogP contribution in [-0.2, 0) is 28.4 Å². The van der Waals surface area contributed by atoms with E-state index in [4.69, 9.17) is 38.0 Å². The molecule has 0 amide bonds. The molecule has 9 aliphatic heterocycles. The van der Waals surface area contributed by atoms with E-state index in [9.17, 15) is 74.9 Å². The molecule has 134 heavy (non-hydrogen) atoms. The van der Waals surface area contributed by atoms with Gasteiger partial charge in [0, 0.05) is 169 Å². The molecule has 10 fully saturated rings. The van der Waals surface area contributed by atoms with Gasteiger partial charge in [0.15, 0.2) is 43.1 Å². The Morgan fingerprint density at radius 1 is 0.433 bits per heavy atom. The monoisotopic (exact) mass is 1940 g/mol. The highest BCUT2D eigenvalue weighted by atomic mass is 32.2. The van der Waals surface area contributed by atoms with E-state index in [0.717, 1.165) is 134 Å². The SMILES string of the molecule is [2H]C1=C(C)C([2H])C([N+](=O)[O-])=C2SC(N3CCN(CC4CCCCC4)CC3)=NC(O)=C12.[2H]c1c(C)c([2H])c2c(=O)nc(N3CCC4(CC3)OCC(C)O4)sc2c1[N+](=O)[O-].[2H]c1c(C)cc([N+](=O)[O-])c2sc(N3CCC4(CC3)OCC(C)O4)nc(=O)c12.[2H]c1c(C)cc2c(=O)nc(N3CCC4(CC3)OCC(C)O4)sc2c1[N+](=O)[O-].[2H]c1c(C)cc2c(=O)nc(N3CCN(CC4CCCCC4)CC3)sc2c1[N+](=O)[O-]. The Balaban J connectivity index is 0.000000127. The van der Waals surface area contributed by atoms with Crippen LogP contribution in [0.2, 0.25) is 0 Å². The molecule has 43 heteroatoms. The van der Waals surface area contributed by atoms with Gasteiger partial charge in [-0.15, -0.1) is 0 Å². The maximum Gasteiger partial charge on any atom is 0.287 e. The predicted octanol–water partition coefficient (Wildman–Crippen LogP) is 15.3. The first kappa shape index (κ1) is 87.9. The number of piperazine rings is 2. The molecule has 8 aromatic rings. The van der Waals surface area contributed by atoms with E-state index in [1.165, 1.54) is 90.2 Å². The summed E-state index contributed by atoms with van der Waals surface area (Å²) in [5.41, 5.74) is -2.13. The van der Waals surface area contributed by atoms with Crippen LogP contribution in [0.25, 0.3) is 40.3 Å². The Kier molecular flexibility index (Phi) is 27.2. The van der Waals surface area contributed by atoms with Gasteiger partial charge in [-0.05, 0) is 157 Å². The number of non-ortho nitro benzene ring substituents is 1. The first-order chi connectivity index (χ1) is 67.1. The number of piperidine rings is 3. The van der Waals surface area contributed by atoms with E-state index in [2.05, 4.69) is 39.6 Å². The molecule has 20 rings (SSSR count). The number of fused-ring (bicyclic) bond motifs is 5. The van der Waals surface area contributed by atoms with Gasteiger partial charge in [-0.25, -0.2) is 0 Å². The zero-order valence-corrected chi connectivity index (χ0v) is 79.8. The molecule has 12 aliphatic rings. The second-order valence-corrected chi connectivity index (χ2v) is 40.8. The number of rotatable bonds is 13. The highest BCUT2D eigenvalue weighted by molar-refractivity contribution is 8.17. The normalized spacial score (nSPS) is 23.5. The third kappa shape index (κ3) is 22.2. The summed E-state index contributed by atoms with van der Waals surface area (Å²) in [5.74, 6) is -0.533. The number of aromatic nitrogens is 4. The predicted molar refractivity (Wildman–Crippen MR) is 518 cm³/mol. The summed E-state index contributed by atoms with van der Waals surface area (Å²) in [4.78, 5) is 141. The van der Waals surface area contributed by atoms with Gasteiger partial charge in [0.05, 0.1) is 104 Å². The van der Waals surface area contributed by atoms with Crippen molar-refractivity contribution in [2.24, 2.45) is 16.8 Å². The van der Waals surface area contributed by atoms with Crippen molar-refractivity contribution < 1.29 is 67.7 Å². The average molecular weight is 1950 g/mol. The molecule has 38 nitrogen and oxygen atoms in total. The molecular formula is C91H111N17O21S5. The van der Waals surface area contributed by atoms with Crippen molar-refractivity contribution in [1.82, 2.24) is 34.6 Å². The number of thioether (sulfide) groups is 1. The first-order valence-electron chi connectivity index (χ1n) is 48.9. The zero-order chi connectivity index (χ0) is 101. The number of ether oxygens (including phenoxy) is 6. The number of nitro benzene ring substituents is 4. The number of hydrogen-bond acceptors (Lipinski definition) is 38. The molecule has 4 aromatic heterocycles. The first-order valence-corrected chi connectivity index (χ1v) is 49.4. The van der Waals surface area contributed by atoms with Crippen molar-refractivity contribution in [2.45, 2.75) is 200 Å². The summed E-state index contributed by atoms with van der Waals surface area (Å²) in [7, 11) is 0. The van der Waals surface area contributed by atoms with Crippen molar-refractivity contribution in [3.8, 4) is 0 Å². The van der Waals surface area contributed by atoms with Crippen LogP contribution in [0.4, 0.5) is 43.3 Å². The lowest BCUT2D eigenvalue weighted by atomic mass is 9.89. The number of aliphatic hydroxyl groups is 1. The molecule has 2 saturated carbocycles. The van der Waals surface area contributed by atoms with Gasteiger partial charge < -0.3 is 58.0 Å². The van der Waals surface area contributed by atoms with Gasteiger partial charge in [0.1, 0.15) is 23.7 Å². The fourth-order valence-electron chi connectivity index (χ4n) is 19.0. The van der Waals surface area contributed by atoms with Crippen LogP contribution in [0.5, 0.6) is 0 Å². The van der Waals surface area contributed by atoms with Gasteiger partial charge in [0.25, 0.3) is 50.7 Å². The topological polar surface area (TPSA) is 446 Å². The van der Waals surface area contributed by atoms with Crippen LogP contribution in [0, 0.1) is 90.1 Å². The number of benzene rings is 4. The molecule has 0 radical (unpaired) electrons. The summed E-state index contributed by atoms with van der Waals surface area (Å²) in [6.45, 7) is 27.6. The van der Waals surface area contributed by atoms with Gasteiger partial charge in [-0.3, -0.25) is 79.5 Å². The van der Waals surface area contributed by atoms with Crippen molar-refractivity contribution >= 4 is 146 Å². The quantitative estimate of drug-likeness (QED) is 0.0827. The lowest BCUT2D eigenvalue weighted by Crippen LogP contribution is -2.49. The Morgan fingerprint density at radius 2 is 0.761 bits per heavy atom. The Hall–Kier alpha value is -10.2. The van der Waals surface area contributed by atoms with Crippen molar-refractivity contribution in [2.75, 3.05) is 144 Å². The minimum atomic E-state index is -1.21. The van der Waals surface area contributed by atoms with Crippen LogP contribution in [-0.4, -0.2) is 230 Å². The maximum atomic E-state index is 12.6. The minimum absolute atomic E-state index is 0.00441. The second kappa shape index (κ2) is 41.4. The lowest BCUT2D eigenvalue weighted by Gasteiger charge is -2.39. The number of allylic oxidation sites excluding steroid dienone is 3. The van der Waals surface area contributed by atoms with E-state index in [1.54, 1.807) is 26.8 Å². The van der Waals surface area contributed by atoms with Crippen molar-refractivity contribution in [3.05, 3.63) is 196 Å². The number of aryl methyl sites for hydroxylation is 3. The van der Waals surface area contributed by atoms with E-state index >= 15 is 0 Å². The molecule has 3 spiro atoms. The summed E-state index contributed by atoms with van der Waals surface area (Å²) < 4.78 is 92.6. The molecule has 4 aromatic carbocycles. The highest BCUT2D eigenvalue weighted by Gasteiger charge is 2.47. The summed E-state index contributed by atoms with van der Waals surface area (Å²) >= 11 is 5.43. The van der Waals surface area contributed by atoms with Crippen LogP contribution in [0.3, 0.4) is 0 Å². The number of amidine groups is 1. The minimum Gasteiger partial charge on any atom is -0.493 e. The van der Waals surface area contributed by atoms with E-state index < -0.39 is 76.3 Å². The lowest BCUT2D eigenvalue weighted by molar-refractivity contribution is -0.427. The largest absolute Gasteiger partial charge is 0.493 e. The zero-order valence-electron chi connectivity index (χ0n) is 82.7. The fraction of sp³-hybridized carbons (Fsp3) is 0.571. The van der Waals surface area contributed by atoms with Crippen LogP contribution in [0.1, 0.15) is 169 Å². The van der Waals surface area contributed by atoms with Gasteiger partial charge >= 0.3 is 0 Å². The summed E-state index contributed by atoms with van der Waals surface area (Å²) in [5, 5.41) is 70.9. The molecule has 4 unspecified atom stereocenters. The number of nitro groups is 5. The Labute approximate surface area is 801 Å². The number of hydrogen-bond donors (Lipinski definition) is 1. The van der Waals surface area contributed by atoms with Crippen LogP contribution in [0.15, 0.2) is 106 Å². The number of anilines is 4. The Morgan fingerprint density at radius 3 is 1.12 bits per heavy atom. The van der Waals surface area contributed by atoms with E-state index in [-0.39, 0.29) is 145 Å². The van der Waals surface area contributed by atoms with Gasteiger partial charge in [-0.2, -0.15) is 24.9 Å². The maximum absolute atomic E-state index is 12.6. The molecule has 0 bridgehead atoms. The molecule has 8 saturated heterocycles. The number of nitrogens with zero attached hydrogens (tertiary/aromatic N) is 17. The standard InChI is InChI=1S/C20H28N4O3S.C20H26N4O3S.3C17H19N3O5S/c2*1-14-11-16-18(17(12-14)24(26)27)28-20(21-19(16)25)23-9-7-22(8-10-23)13-15-5-3-2-4-6-15;3*1-10-7-12-14(13(8-10)20(22)23)26-16(18-15(12)21)19-5-3-17(4-6-19)24-9-11(2)25-17/h11,15,25H,2-10,12-13H2,1H3;11-12,15H,2-10,13H2,1H3;3*7-8,11H,3-6,9H2,1-2H3/i11D,12D;12D;7D,8D;8D;7D. The summed E-state index contributed by atoms with van der Waals surface area (Å²) in [6, 6.07) is 3.54. The molecule has 716 valence electrons. The number of aliphatic hydroxyl groups excluding tert-OH is 1. The molecule has 1 N–H and O–H groups in total. The van der Waals surface area contributed by atoms with E-state index in [0.29, 0.717) is 140 Å². The molecule has 4 atom stereocenters. The van der Waals surface area contributed by atoms with Crippen LogP contribution < -0.4 is 41.8 Å². The van der Waals surface area contributed by atoms with E-state index in [1.807, 2.05) is 40.4 Å². The third-order valence-corrected chi connectivity index (χ3v) is 31.5. The van der Waals surface area contributed by atoms with Gasteiger partial charge in [-0.1, -0.05) is 89.4 Å². The van der Waals surface area contributed by atoms with Crippen molar-refractivity contribution in [3.63, 3.8) is 0 Å². The Bertz CT molecular complexity index is 6620. The molecule has 13 heterocycles. The smallest absolute Gasteiger partial charge is 0.287 e. The fourth-order valence-corrected chi connectivity index (χ4v) is 24.5. The third-order valence-electron chi connectivity index (χ3n) is 25.8. The van der Waals surface area contributed by atoms with Gasteiger partial charge in [0.2, 0.25) is 5.88 Å². The molecule has 3 aliphatic carbocycles. The average Bonchev–Trinajstić information content (AvgIpc) is 1.65.